The van der Waals surface area contributed by atoms with Crippen LogP contribution in [-0.2, 0) is 56.2 Å². The number of aromatic hydroxyl groups is 2. The van der Waals surface area contributed by atoms with Crippen LogP contribution >= 0.6 is 47.4 Å². The molecule has 1 radical (unpaired) electrons. The predicted molar refractivity (Wildman–Crippen MR) is 162 cm³/mol. The second kappa shape index (κ2) is 16.9. The first-order valence-electron chi connectivity index (χ1n) is 11.4. The summed E-state index contributed by atoms with van der Waals surface area (Å²) < 4.78 is 80.5. The van der Waals surface area contributed by atoms with Crippen LogP contribution < -0.4 is 5.32 Å². The molecule has 0 aliphatic carbocycles. The van der Waals surface area contributed by atoms with E-state index in [-0.39, 0.29) is 78.2 Å². The number of halogens is 1. The molecule has 0 aliphatic heterocycles. The molecule has 0 unspecified atom stereocenters. The molecule has 1 aromatic heterocycles. The Hall–Kier alpha value is -3.23. The molecule has 0 atom stereocenters. The molecule has 48 heavy (non-hydrogen) atoms. The van der Waals surface area contributed by atoms with Gasteiger partial charge in [-0.25, -0.2) is 5.26 Å². The van der Waals surface area contributed by atoms with Gasteiger partial charge in [0, 0.05) is 32.6 Å². The minimum Gasteiger partial charge on any atom is -0.506 e. The zero-order chi connectivity index (χ0) is 34.4. The number of fused-ring (bicyclic) bond motifs is 1. The van der Waals surface area contributed by atoms with Gasteiger partial charge in [0.2, 0.25) is 16.4 Å². The summed E-state index contributed by atoms with van der Waals surface area (Å²) in [5.41, 5.74) is -0.716. The largest absolute Gasteiger partial charge is 0.506 e. The molecule has 1 heterocycles. The average Bonchev–Trinajstić information content (AvgIpc) is 2.98. The quantitative estimate of drug-likeness (QED) is 0.0140. The van der Waals surface area contributed by atoms with Gasteiger partial charge in [0.15, 0.2) is 11.9 Å². The Bertz CT molecular complexity index is 2160. The Labute approximate surface area is 296 Å². The van der Waals surface area contributed by atoms with Gasteiger partial charge in [-0.3, -0.25) is 14.0 Å². The number of rotatable bonds is 12. The maximum absolute atomic E-state index is 12.1. The van der Waals surface area contributed by atoms with E-state index >= 15 is 0 Å². The number of azo groups is 1. The third kappa shape index (κ3) is 10.6. The number of nitrogens with zero attached hydrogens (tertiary/aromatic N) is 5. The maximum atomic E-state index is 12.1. The van der Waals surface area contributed by atoms with E-state index in [9.17, 15) is 36.2 Å². The van der Waals surface area contributed by atoms with Gasteiger partial charge in [0.05, 0.1) is 39.6 Å². The van der Waals surface area contributed by atoms with E-state index in [0.717, 1.165) is 23.9 Å². The fourth-order valence-corrected chi connectivity index (χ4v) is 5.50. The number of nitrogens with one attached hydrogen (secondary N) is 1. The number of anilines is 2. The SMILES string of the molecule is O=S(=O)(O)OOC#CSc1ccc(N=Nc2c(SOOO)cc3cc(S(=O)(=O)O)cc(Nc4nc(Cl)nc(SO)n4)c3c2O)c(O)c1.[Cu]. The molecule has 0 aliphatic rings. The van der Waals surface area contributed by atoms with Crippen molar-refractivity contribution in [3.8, 4) is 22.9 Å². The van der Waals surface area contributed by atoms with E-state index < -0.39 is 36.9 Å². The van der Waals surface area contributed by atoms with Crippen LogP contribution in [0.1, 0.15) is 0 Å². The molecule has 4 aromatic rings. The number of hydrogen-bond donors (Lipinski definition) is 7. The number of aromatic nitrogens is 3. The number of benzene rings is 3. The number of phenolic OH excluding ortho intramolecular Hbond substituents is 2. The summed E-state index contributed by atoms with van der Waals surface area (Å²) in [5.74, 6) is -1.42. The Kier molecular flexibility index (Phi) is 13.8. The minimum atomic E-state index is -4.87. The monoisotopic (exact) mass is 831 g/mol. The van der Waals surface area contributed by atoms with Gasteiger partial charge in [-0.1, -0.05) is 5.04 Å². The van der Waals surface area contributed by atoms with Crippen LogP contribution in [0.25, 0.3) is 10.8 Å². The zero-order valence-electron chi connectivity index (χ0n) is 22.4. The van der Waals surface area contributed by atoms with Crippen molar-refractivity contribution in [1.82, 2.24) is 15.0 Å². The summed E-state index contributed by atoms with van der Waals surface area (Å²) in [6.45, 7) is 0. The van der Waals surface area contributed by atoms with E-state index in [2.05, 4.69) is 54.3 Å². The number of thioether (sulfide) groups is 1. The Morgan fingerprint density at radius 3 is 2.40 bits per heavy atom. The first kappa shape index (κ1) is 39.2. The van der Waals surface area contributed by atoms with Crippen molar-refractivity contribution in [1.29, 1.82) is 0 Å². The normalized spacial score (nSPS) is 11.6. The van der Waals surface area contributed by atoms with Crippen LogP contribution in [-0.4, -0.2) is 60.9 Å². The number of phenols is 2. The van der Waals surface area contributed by atoms with Crippen LogP contribution in [0.3, 0.4) is 0 Å². The Balaban J connectivity index is 0.00000625. The minimum absolute atomic E-state index is 0. The first-order chi connectivity index (χ1) is 22.2. The van der Waals surface area contributed by atoms with Gasteiger partial charge in [0.25, 0.3) is 10.1 Å². The van der Waals surface area contributed by atoms with Crippen molar-refractivity contribution in [2.45, 2.75) is 19.8 Å². The zero-order valence-corrected chi connectivity index (χ0v) is 28.2. The molecule has 0 bridgehead atoms. The van der Waals surface area contributed by atoms with Gasteiger partial charge < -0.3 is 20.1 Å². The van der Waals surface area contributed by atoms with Crippen molar-refractivity contribution in [3.05, 3.63) is 41.7 Å². The van der Waals surface area contributed by atoms with Crippen LogP contribution in [0.15, 0.2) is 66.5 Å². The van der Waals surface area contributed by atoms with E-state index in [0.29, 0.717) is 16.9 Å². The van der Waals surface area contributed by atoms with Crippen molar-refractivity contribution in [2.75, 3.05) is 5.32 Å². The standard InChI is InChI=1S/C21H13ClN6O14S5.Cu/c22-19-24-20(26-21(25-19)44-32)23-13-8-11(46(33,34)35)5-9-6-15(45-41-40-31)17(18(30)16(9)13)28-27-12-2-1-10(7-14(12)29)43-4-3-39-42-47(36,37)38;/h1-2,5-8,29-32H,(H,33,34,35)(H,36,37,38)(H,23,24,25,26);. The molecule has 20 nitrogen and oxygen atoms in total. The molecule has 7 N–H and O–H groups in total. The van der Waals surface area contributed by atoms with Crippen LogP contribution in [0.2, 0.25) is 5.28 Å². The molecule has 259 valence electrons. The molecule has 0 saturated heterocycles. The van der Waals surface area contributed by atoms with Gasteiger partial charge in [-0.05, 0) is 69.5 Å². The smallest absolute Gasteiger partial charge is 0.433 e. The molecule has 0 amide bonds. The second-order valence-electron chi connectivity index (χ2n) is 8.00. The van der Waals surface area contributed by atoms with E-state index in [1.807, 2.05) is 6.11 Å². The summed E-state index contributed by atoms with van der Waals surface area (Å²) >= 11 is 7.05. The van der Waals surface area contributed by atoms with E-state index in [4.69, 9.17) is 21.4 Å². The van der Waals surface area contributed by atoms with Crippen LogP contribution in [0.5, 0.6) is 11.5 Å². The fraction of sp³-hybridized carbons (Fsp3) is 0. The van der Waals surface area contributed by atoms with Crippen molar-refractivity contribution in [3.63, 3.8) is 0 Å². The number of hydrogen-bond acceptors (Lipinski definition) is 21. The van der Waals surface area contributed by atoms with Crippen LogP contribution in [0.4, 0.5) is 23.0 Å². The summed E-state index contributed by atoms with van der Waals surface area (Å²) in [5, 5.41) is 46.1. The summed E-state index contributed by atoms with van der Waals surface area (Å²) in [6.07, 6.45) is 1.83. The van der Waals surface area contributed by atoms with Gasteiger partial charge in [-0.2, -0.15) is 31.8 Å². The summed E-state index contributed by atoms with van der Waals surface area (Å²) in [7, 11) is -9.69. The average molecular weight is 833 g/mol. The molecule has 0 saturated carbocycles. The molecule has 0 spiro atoms. The van der Waals surface area contributed by atoms with Gasteiger partial charge in [0.1, 0.15) is 17.1 Å². The summed E-state index contributed by atoms with van der Waals surface area (Å²) in [6, 6.07) is 7.01. The van der Waals surface area contributed by atoms with Crippen molar-refractivity contribution in [2.24, 2.45) is 10.2 Å². The predicted octanol–water partition coefficient (Wildman–Crippen LogP) is 5.25. The van der Waals surface area contributed by atoms with Gasteiger partial charge >= 0.3 is 10.4 Å². The molecular weight excluding hydrogens is 820 g/mol. The van der Waals surface area contributed by atoms with Crippen LogP contribution in [0, 0.1) is 11.4 Å². The third-order valence-corrected chi connectivity index (χ3v) is 7.95. The third-order valence-electron chi connectivity index (χ3n) is 5.07. The first-order valence-corrected chi connectivity index (χ1v) is 16.9. The second-order valence-corrected chi connectivity index (χ2v) is 12.9. The molecule has 27 heteroatoms. The Morgan fingerprint density at radius 2 is 1.75 bits per heavy atom. The molecule has 4 rings (SSSR count). The van der Waals surface area contributed by atoms with Crippen molar-refractivity contribution < 1.29 is 81.6 Å². The fourth-order valence-electron chi connectivity index (χ4n) is 3.38. The maximum Gasteiger partial charge on any atom is 0.433 e. The van der Waals surface area contributed by atoms with Crippen molar-refractivity contribution >= 4 is 102 Å². The molecule has 3 aromatic carbocycles. The molecular formula is C21H13ClCuN6O14S5. The summed E-state index contributed by atoms with van der Waals surface area (Å²) in [4.78, 5) is 14.9. The van der Waals surface area contributed by atoms with Gasteiger partial charge in [-0.15, -0.1) is 14.6 Å². The van der Waals surface area contributed by atoms with E-state index in [1.165, 1.54) is 24.3 Å². The topological polar surface area (TPSA) is 302 Å². The van der Waals surface area contributed by atoms with E-state index in [1.54, 1.807) is 0 Å². The molecule has 0 fully saturated rings. The Morgan fingerprint density at radius 1 is 1.00 bits per heavy atom.